The van der Waals surface area contributed by atoms with Gasteiger partial charge >= 0.3 is 6.18 Å². The van der Waals surface area contributed by atoms with E-state index in [0.717, 1.165) is 36.4 Å². The lowest BCUT2D eigenvalue weighted by atomic mass is 10.1. The van der Waals surface area contributed by atoms with Gasteiger partial charge in [-0.2, -0.15) is 13.2 Å². The smallest absolute Gasteiger partial charge is 0.322 e. The van der Waals surface area contributed by atoms with Crippen molar-refractivity contribution in [2.75, 3.05) is 10.6 Å². The first-order valence-electron chi connectivity index (χ1n) is 8.59. The van der Waals surface area contributed by atoms with Crippen molar-refractivity contribution in [1.82, 2.24) is 0 Å². The van der Waals surface area contributed by atoms with Crippen molar-refractivity contribution in [3.8, 4) is 0 Å². The van der Waals surface area contributed by atoms with E-state index in [0.29, 0.717) is 6.07 Å². The molecule has 10 heteroatoms. The molecular formula is C21H12BrF5N2O2. The number of benzene rings is 3. The van der Waals surface area contributed by atoms with Gasteiger partial charge in [0.15, 0.2) is 0 Å². The average molecular weight is 499 g/mol. The number of hydrogen-bond acceptors (Lipinski definition) is 2. The molecule has 0 radical (unpaired) electrons. The zero-order valence-corrected chi connectivity index (χ0v) is 16.9. The van der Waals surface area contributed by atoms with Gasteiger partial charge in [-0.15, -0.1) is 0 Å². The van der Waals surface area contributed by atoms with Crippen LogP contribution in [0, 0.1) is 11.6 Å². The molecule has 3 aromatic rings. The molecule has 0 heterocycles. The summed E-state index contributed by atoms with van der Waals surface area (Å²) in [5, 5.41) is 4.44. The molecule has 0 aliphatic heterocycles. The van der Waals surface area contributed by atoms with Crippen LogP contribution in [0.3, 0.4) is 0 Å². The van der Waals surface area contributed by atoms with Crippen LogP contribution in [0.2, 0.25) is 0 Å². The Bertz CT molecular complexity index is 1150. The van der Waals surface area contributed by atoms with Crippen molar-refractivity contribution in [3.63, 3.8) is 0 Å². The molecular weight excluding hydrogens is 487 g/mol. The molecule has 0 aliphatic carbocycles. The van der Waals surface area contributed by atoms with Crippen molar-refractivity contribution in [2.24, 2.45) is 0 Å². The maximum atomic E-state index is 13.6. The number of hydrogen-bond donors (Lipinski definition) is 2. The third kappa shape index (κ3) is 5.46. The van der Waals surface area contributed by atoms with Gasteiger partial charge in [-0.05, 0) is 76.6 Å². The Morgan fingerprint density at radius 3 is 2.03 bits per heavy atom. The molecule has 4 nitrogen and oxygen atoms in total. The van der Waals surface area contributed by atoms with Crippen molar-refractivity contribution in [2.45, 2.75) is 6.18 Å². The molecule has 0 saturated carbocycles. The van der Waals surface area contributed by atoms with Crippen LogP contribution < -0.4 is 10.6 Å². The number of amides is 2. The maximum Gasteiger partial charge on any atom is 0.418 e. The molecule has 0 aliphatic rings. The maximum absolute atomic E-state index is 13.6. The quantitative estimate of drug-likeness (QED) is 0.417. The fourth-order valence-electron chi connectivity index (χ4n) is 2.63. The average Bonchev–Trinajstić information content (AvgIpc) is 2.68. The molecule has 3 rings (SSSR count). The topological polar surface area (TPSA) is 58.2 Å². The number of carbonyl (C=O) groups is 2. The highest BCUT2D eigenvalue weighted by molar-refractivity contribution is 9.10. The first kappa shape index (κ1) is 22.4. The Morgan fingerprint density at radius 2 is 1.42 bits per heavy atom. The summed E-state index contributed by atoms with van der Waals surface area (Å²) >= 11 is 2.99. The van der Waals surface area contributed by atoms with Gasteiger partial charge in [-0.3, -0.25) is 9.59 Å². The van der Waals surface area contributed by atoms with E-state index in [1.54, 1.807) is 0 Å². The molecule has 0 fully saturated rings. The summed E-state index contributed by atoms with van der Waals surface area (Å²) in [7, 11) is 0. The monoisotopic (exact) mass is 498 g/mol. The SMILES string of the molecule is O=C(Nc1ccc(NC(=O)c2ccc(F)cc2Br)c(C(F)(F)F)c1)c1ccc(F)cc1. The van der Waals surface area contributed by atoms with Crippen LogP contribution in [0.4, 0.5) is 33.3 Å². The third-order valence-electron chi connectivity index (χ3n) is 4.11. The summed E-state index contributed by atoms with van der Waals surface area (Å²) in [6, 6.07) is 10.4. The molecule has 160 valence electrons. The molecule has 0 aromatic heterocycles. The first-order valence-corrected chi connectivity index (χ1v) is 9.38. The van der Waals surface area contributed by atoms with Crippen molar-refractivity contribution in [3.05, 3.63) is 93.5 Å². The first-order chi connectivity index (χ1) is 14.5. The van der Waals surface area contributed by atoms with Gasteiger partial charge < -0.3 is 10.6 Å². The number of carbonyl (C=O) groups excluding carboxylic acids is 2. The molecule has 0 bridgehead atoms. The largest absolute Gasteiger partial charge is 0.418 e. The van der Waals surface area contributed by atoms with Crippen LogP contribution in [0.15, 0.2) is 65.1 Å². The minimum atomic E-state index is -4.85. The predicted octanol–water partition coefficient (Wildman–Crippen LogP) is 6.25. The summed E-state index contributed by atoms with van der Waals surface area (Å²) in [5.41, 5.74) is -1.94. The molecule has 31 heavy (non-hydrogen) atoms. The van der Waals surface area contributed by atoms with Crippen LogP contribution in [-0.2, 0) is 6.18 Å². The van der Waals surface area contributed by atoms with Crippen molar-refractivity contribution < 1.29 is 31.5 Å². The van der Waals surface area contributed by atoms with Gasteiger partial charge in [0.1, 0.15) is 11.6 Å². The van der Waals surface area contributed by atoms with E-state index >= 15 is 0 Å². The van der Waals surface area contributed by atoms with Gasteiger partial charge in [-0.25, -0.2) is 8.78 Å². The lowest BCUT2D eigenvalue weighted by Gasteiger charge is -2.16. The van der Waals surface area contributed by atoms with Crippen LogP contribution in [-0.4, -0.2) is 11.8 Å². The fourth-order valence-corrected chi connectivity index (χ4v) is 3.16. The highest BCUT2D eigenvalue weighted by Gasteiger charge is 2.34. The molecule has 0 unspecified atom stereocenters. The minimum absolute atomic E-state index is 0.0495. The highest BCUT2D eigenvalue weighted by atomic mass is 79.9. The van der Waals surface area contributed by atoms with Crippen LogP contribution >= 0.6 is 15.9 Å². The van der Waals surface area contributed by atoms with Gasteiger partial charge in [0.2, 0.25) is 0 Å². The number of halogens is 6. The number of nitrogens with one attached hydrogen (secondary N) is 2. The number of alkyl halides is 3. The Balaban J connectivity index is 1.87. The molecule has 2 amide bonds. The zero-order valence-electron chi connectivity index (χ0n) is 15.4. The summed E-state index contributed by atoms with van der Waals surface area (Å²) in [6.07, 6.45) is -4.85. The molecule has 0 atom stereocenters. The summed E-state index contributed by atoms with van der Waals surface area (Å²) in [5.74, 6) is -2.81. The van der Waals surface area contributed by atoms with Crippen LogP contribution in [0.25, 0.3) is 0 Å². The summed E-state index contributed by atoms with van der Waals surface area (Å²) in [4.78, 5) is 24.5. The lowest BCUT2D eigenvalue weighted by Crippen LogP contribution is -2.18. The standard InChI is InChI=1S/C21H12BrF5N2O2/c22-17-9-13(24)5-7-15(17)20(31)29-18-8-6-14(10-16(18)21(25,26)27)28-19(30)11-1-3-12(23)4-2-11/h1-10H,(H,28,30)(H,29,31). The van der Waals surface area contributed by atoms with Gasteiger partial charge in [-0.1, -0.05) is 0 Å². The Morgan fingerprint density at radius 1 is 0.774 bits per heavy atom. The fraction of sp³-hybridized carbons (Fsp3) is 0.0476. The minimum Gasteiger partial charge on any atom is -0.322 e. The van der Waals surface area contributed by atoms with E-state index in [4.69, 9.17) is 0 Å². The van der Waals surface area contributed by atoms with E-state index in [2.05, 4.69) is 26.6 Å². The van der Waals surface area contributed by atoms with Gasteiger partial charge in [0.25, 0.3) is 11.8 Å². The Kier molecular flexibility index (Phi) is 6.40. The molecule has 3 aromatic carbocycles. The Labute approximate surface area is 181 Å². The van der Waals surface area contributed by atoms with E-state index in [1.807, 2.05) is 0 Å². The molecule has 0 spiro atoms. The van der Waals surface area contributed by atoms with Gasteiger partial charge in [0, 0.05) is 15.7 Å². The predicted molar refractivity (Wildman–Crippen MR) is 108 cm³/mol. The zero-order chi connectivity index (χ0) is 22.8. The highest BCUT2D eigenvalue weighted by Crippen LogP contribution is 2.37. The normalized spacial score (nSPS) is 11.2. The molecule has 0 saturated heterocycles. The Hall–Kier alpha value is -3.27. The molecule has 2 N–H and O–H groups in total. The second-order valence-corrected chi connectivity index (χ2v) is 7.15. The van der Waals surface area contributed by atoms with Crippen LogP contribution in [0.5, 0.6) is 0 Å². The van der Waals surface area contributed by atoms with Gasteiger partial charge in [0.05, 0.1) is 16.8 Å². The van der Waals surface area contributed by atoms with E-state index < -0.39 is 40.9 Å². The summed E-state index contributed by atoms with van der Waals surface area (Å²) in [6.45, 7) is 0. The third-order valence-corrected chi connectivity index (χ3v) is 4.77. The van der Waals surface area contributed by atoms with Crippen molar-refractivity contribution >= 4 is 39.1 Å². The van der Waals surface area contributed by atoms with E-state index in [-0.39, 0.29) is 21.3 Å². The second kappa shape index (κ2) is 8.84. The van der Waals surface area contributed by atoms with E-state index in [1.165, 1.54) is 18.2 Å². The lowest BCUT2D eigenvalue weighted by molar-refractivity contribution is -0.136. The van der Waals surface area contributed by atoms with Crippen molar-refractivity contribution in [1.29, 1.82) is 0 Å². The number of anilines is 2. The van der Waals surface area contributed by atoms with Crippen LogP contribution in [0.1, 0.15) is 26.3 Å². The second-order valence-electron chi connectivity index (χ2n) is 6.30. The van der Waals surface area contributed by atoms with E-state index in [9.17, 15) is 31.5 Å². The number of rotatable bonds is 4. The summed E-state index contributed by atoms with van der Waals surface area (Å²) < 4.78 is 66.9.